The summed E-state index contributed by atoms with van der Waals surface area (Å²) in [5, 5.41) is 5.54. The van der Waals surface area contributed by atoms with Crippen LogP contribution in [0.15, 0.2) is 46.3 Å². The van der Waals surface area contributed by atoms with Crippen molar-refractivity contribution >= 4 is 27.3 Å². The molecule has 1 aromatic heterocycles. The van der Waals surface area contributed by atoms with Crippen LogP contribution in [-0.4, -0.2) is 13.1 Å². The summed E-state index contributed by atoms with van der Waals surface area (Å²) in [6, 6.07) is 13.3. The molecular formula is C14H16BrNS. The van der Waals surface area contributed by atoms with Crippen molar-refractivity contribution in [3.05, 3.63) is 56.7 Å². The van der Waals surface area contributed by atoms with Crippen molar-refractivity contribution in [2.24, 2.45) is 0 Å². The number of likely N-dealkylation sites (N-methyl/N-ethyl adjacent to an activating group) is 1. The summed E-state index contributed by atoms with van der Waals surface area (Å²) < 4.78 is 1.20. The van der Waals surface area contributed by atoms with Crippen LogP contribution in [0, 0.1) is 0 Å². The van der Waals surface area contributed by atoms with Gasteiger partial charge in [-0.05, 0) is 43.0 Å². The van der Waals surface area contributed by atoms with Gasteiger partial charge in [-0.3, -0.25) is 0 Å². The Morgan fingerprint density at radius 3 is 2.65 bits per heavy atom. The normalized spacial score (nSPS) is 12.6. The summed E-state index contributed by atoms with van der Waals surface area (Å²) in [6.07, 6.45) is 2.14. The third-order valence-electron chi connectivity index (χ3n) is 2.86. The molecule has 0 aliphatic rings. The van der Waals surface area contributed by atoms with E-state index in [1.165, 1.54) is 14.9 Å². The molecule has 0 aliphatic heterocycles. The van der Waals surface area contributed by atoms with Gasteiger partial charge in [0.05, 0.1) is 0 Å². The second-order valence-electron chi connectivity index (χ2n) is 4.06. The first-order valence-electron chi connectivity index (χ1n) is 5.72. The molecule has 0 saturated carbocycles. The maximum absolute atomic E-state index is 3.61. The van der Waals surface area contributed by atoms with E-state index < -0.39 is 0 Å². The number of hydrogen-bond donors (Lipinski definition) is 1. The van der Waals surface area contributed by atoms with E-state index in [2.05, 4.69) is 63.0 Å². The molecule has 0 saturated heterocycles. The van der Waals surface area contributed by atoms with Crippen molar-refractivity contribution < 1.29 is 0 Å². The molecule has 0 amide bonds. The highest BCUT2D eigenvalue weighted by molar-refractivity contribution is 9.10. The van der Waals surface area contributed by atoms with E-state index in [4.69, 9.17) is 0 Å². The van der Waals surface area contributed by atoms with E-state index in [0.717, 1.165) is 12.8 Å². The third-order valence-corrected chi connectivity index (χ3v) is 4.53. The fraction of sp³-hybridized carbons (Fsp3) is 0.286. The third kappa shape index (κ3) is 3.66. The van der Waals surface area contributed by atoms with Crippen LogP contribution in [0.5, 0.6) is 0 Å². The first kappa shape index (κ1) is 12.8. The van der Waals surface area contributed by atoms with Gasteiger partial charge >= 0.3 is 0 Å². The summed E-state index contributed by atoms with van der Waals surface area (Å²) in [5.41, 5.74) is 1.36. The van der Waals surface area contributed by atoms with Crippen molar-refractivity contribution in [1.29, 1.82) is 0 Å². The minimum Gasteiger partial charge on any atom is -0.316 e. The van der Waals surface area contributed by atoms with Crippen LogP contribution >= 0.6 is 27.3 Å². The Bertz CT molecular complexity index is 453. The molecular weight excluding hydrogens is 294 g/mol. The van der Waals surface area contributed by atoms with E-state index in [1.54, 1.807) is 0 Å². The van der Waals surface area contributed by atoms with Gasteiger partial charge in [0, 0.05) is 15.4 Å². The fourth-order valence-corrected chi connectivity index (χ4v) is 3.11. The zero-order valence-corrected chi connectivity index (χ0v) is 12.2. The minimum absolute atomic E-state index is 0.493. The average molecular weight is 310 g/mol. The second kappa shape index (κ2) is 6.34. The summed E-state index contributed by atoms with van der Waals surface area (Å²) in [4.78, 5) is 1.44. The van der Waals surface area contributed by atoms with E-state index in [1.807, 2.05) is 18.4 Å². The quantitative estimate of drug-likeness (QED) is 0.883. The fourth-order valence-electron chi connectivity index (χ4n) is 1.88. The zero-order chi connectivity index (χ0) is 12.1. The summed E-state index contributed by atoms with van der Waals surface area (Å²) in [5.74, 6) is 0. The molecule has 1 nitrogen and oxygen atoms in total. The number of hydrogen-bond acceptors (Lipinski definition) is 2. The number of nitrogens with one attached hydrogen (secondary N) is 1. The van der Waals surface area contributed by atoms with Gasteiger partial charge in [0.2, 0.25) is 0 Å². The van der Waals surface area contributed by atoms with Crippen LogP contribution < -0.4 is 5.32 Å². The summed E-state index contributed by atoms with van der Waals surface area (Å²) in [6.45, 7) is 0. The zero-order valence-electron chi connectivity index (χ0n) is 9.82. The van der Waals surface area contributed by atoms with Crippen molar-refractivity contribution in [2.75, 3.05) is 7.05 Å². The van der Waals surface area contributed by atoms with Gasteiger partial charge in [-0.15, -0.1) is 11.3 Å². The Balaban J connectivity index is 2.03. The summed E-state index contributed by atoms with van der Waals surface area (Å²) >= 11 is 5.44. The molecule has 0 radical (unpaired) electrons. The molecule has 1 unspecified atom stereocenters. The van der Waals surface area contributed by atoms with Gasteiger partial charge in [-0.1, -0.05) is 40.2 Å². The molecule has 0 bridgehead atoms. The number of benzene rings is 1. The molecule has 1 aromatic carbocycles. The van der Waals surface area contributed by atoms with Crippen LogP contribution in [0.2, 0.25) is 0 Å². The summed E-state index contributed by atoms with van der Waals surface area (Å²) in [7, 11) is 2.04. The van der Waals surface area contributed by atoms with E-state index >= 15 is 0 Å². The lowest BCUT2D eigenvalue weighted by Crippen LogP contribution is -2.29. The first-order valence-corrected chi connectivity index (χ1v) is 7.40. The smallest absolute Gasteiger partial charge is 0.0207 e. The molecule has 0 spiro atoms. The average Bonchev–Trinajstić information content (AvgIpc) is 2.84. The van der Waals surface area contributed by atoms with Crippen LogP contribution in [0.25, 0.3) is 0 Å². The van der Waals surface area contributed by atoms with Gasteiger partial charge in [0.1, 0.15) is 0 Å². The molecule has 1 heterocycles. The Labute approximate surface area is 115 Å². The highest BCUT2D eigenvalue weighted by atomic mass is 79.9. The maximum Gasteiger partial charge on any atom is 0.0207 e. The lowest BCUT2D eigenvalue weighted by Gasteiger charge is -2.16. The lowest BCUT2D eigenvalue weighted by atomic mass is 10.0. The topological polar surface area (TPSA) is 12.0 Å². The Hall–Kier alpha value is -0.640. The standard InChI is InChI=1S/C14H16BrNS/c1-16-12(10-13-6-4-8-17-13)9-11-5-2-3-7-14(11)15/h2-8,12,16H,9-10H2,1H3. The Morgan fingerprint density at radius 2 is 2.00 bits per heavy atom. The predicted octanol–water partition coefficient (Wildman–Crippen LogP) is 3.88. The van der Waals surface area contributed by atoms with E-state index in [-0.39, 0.29) is 0 Å². The van der Waals surface area contributed by atoms with Crippen molar-refractivity contribution in [1.82, 2.24) is 5.32 Å². The van der Waals surface area contributed by atoms with Crippen molar-refractivity contribution in [3.8, 4) is 0 Å². The van der Waals surface area contributed by atoms with E-state index in [0.29, 0.717) is 6.04 Å². The van der Waals surface area contributed by atoms with Crippen LogP contribution in [0.1, 0.15) is 10.4 Å². The highest BCUT2D eigenvalue weighted by Gasteiger charge is 2.10. The molecule has 3 heteroatoms. The Morgan fingerprint density at radius 1 is 1.18 bits per heavy atom. The van der Waals surface area contributed by atoms with Crippen LogP contribution in [-0.2, 0) is 12.8 Å². The molecule has 0 aliphatic carbocycles. The highest BCUT2D eigenvalue weighted by Crippen LogP contribution is 2.19. The molecule has 90 valence electrons. The van der Waals surface area contributed by atoms with Crippen molar-refractivity contribution in [3.63, 3.8) is 0 Å². The van der Waals surface area contributed by atoms with Crippen molar-refractivity contribution in [2.45, 2.75) is 18.9 Å². The van der Waals surface area contributed by atoms with Gasteiger partial charge in [0.25, 0.3) is 0 Å². The number of thiophene rings is 1. The monoisotopic (exact) mass is 309 g/mol. The lowest BCUT2D eigenvalue weighted by molar-refractivity contribution is 0.559. The van der Waals surface area contributed by atoms with Crippen LogP contribution in [0.4, 0.5) is 0 Å². The van der Waals surface area contributed by atoms with Gasteiger partial charge in [0.15, 0.2) is 0 Å². The van der Waals surface area contributed by atoms with Gasteiger partial charge in [-0.2, -0.15) is 0 Å². The molecule has 2 aromatic rings. The van der Waals surface area contributed by atoms with Crippen LogP contribution in [0.3, 0.4) is 0 Å². The molecule has 2 rings (SSSR count). The maximum atomic E-state index is 3.61. The molecule has 0 fully saturated rings. The number of rotatable bonds is 5. The first-order chi connectivity index (χ1) is 8.29. The van der Waals surface area contributed by atoms with Gasteiger partial charge < -0.3 is 5.32 Å². The second-order valence-corrected chi connectivity index (χ2v) is 5.95. The SMILES string of the molecule is CNC(Cc1cccs1)Cc1ccccc1Br. The molecule has 17 heavy (non-hydrogen) atoms. The van der Waals surface area contributed by atoms with E-state index in [9.17, 15) is 0 Å². The largest absolute Gasteiger partial charge is 0.316 e. The minimum atomic E-state index is 0.493. The molecule has 1 N–H and O–H groups in total. The van der Waals surface area contributed by atoms with Gasteiger partial charge in [-0.25, -0.2) is 0 Å². The molecule has 1 atom stereocenters. The predicted molar refractivity (Wildman–Crippen MR) is 78.7 cm³/mol. The number of halogens is 1. The Kier molecular flexibility index (Phi) is 4.77.